The smallest absolute Gasteiger partial charge is 0.257 e. The number of nitrogens with one attached hydrogen (secondary N) is 1. The molecular formula is C19H20N2O3. The molecule has 0 saturated heterocycles. The summed E-state index contributed by atoms with van der Waals surface area (Å²) < 4.78 is 10.5. The van der Waals surface area contributed by atoms with Crippen LogP contribution >= 0.6 is 0 Å². The summed E-state index contributed by atoms with van der Waals surface area (Å²) >= 11 is 0. The summed E-state index contributed by atoms with van der Waals surface area (Å²) in [5.74, 6) is 0.698. The molecule has 1 N–H and O–H groups in total. The van der Waals surface area contributed by atoms with E-state index in [1.165, 1.54) is 5.56 Å². The third-order valence-electron chi connectivity index (χ3n) is 3.86. The van der Waals surface area contributed by atoms with Crippen LogP contribution in [0.15, 0.2) is 57.7 Å². The van der Waals surface area contributed by atoms with Gasteiger partial charge in [0.25, 0.3) is 5.91 Å². The molecule has 0 bridgehead atoms. The summed E-state index contributed by atoms with van der Waals surface area (Å²) in [5, 5.41) is 6.82. The molecule has 1 amide bonds. The van der Waals surface area contributed by atoms with E-state index in [-0.39, 0.29) is 5.91 Å². The van der Waals surface area contributed by atoms with Crippen molar-refractivity contribution in [3.63, 3.8) is 0 Å². The third-order valence-corrected chi connectivity index (χ3v) is 3.86. The average molecular weight is 324 g/mol. The highest BCUT2D eigenvalue weighted by Gasteiger charge is 2.23. The number of hydrogen-bond acceptors (Lipinski definition) is 4. The van der Waals surface area contributed by atoms with Gasteiger partial charge in [0.2, 0.25) is 5.76 Å². The van der Waals surface area contributed by atoms with Gasteiger partial charge in [0, 0.05) is 6.54 Å². The van der Waals surface area contributed by atoms with E-state index in [2.05, 4.69) is 22.6 Å². The Labute approximate surface area is 140 Å². The molecule has 124 valence electrons. The molecule has 1 aromatic carbocycles. The van der Waals surface area contributed by atoms with Gasteiger partial charge < -0.3 is 14.3 Å². The predicted octanol–water partition coefficient (Wildman–Crippen LogP) is 4.00. The summed E-state index contributed by atoms with van der Waals surface area (Å²) in [6.45, 7) is 2.37. The molecule has 24 heavy (non-hydrogen) atoms. The first kappa shape index (κ1) is 16.1. The van der Waals surface area contributed by atoms with E-state index in [9.17, 15) is 4.79 Å². The third kappa shape index (κ3) is 3.74. The zero-order valence-electron chi connectivity index (χ0n) is 13.6. The molecule has 0 aliphatic rings. The fraction of sp³-hybridized carbons (Fsp3) is 0.263. The van der Waals surface area contributed by atoms with Crippen molar-refractivity contribution in [2.45, 2.75) is 26.2 Å². The number of aromatic nitrogens is 1. The van der Waals surface area contributed by atoms with Gasteiger partial charge >= 0.3 is 0 Å². The van der Waals surface area contributed by atoms with E-state index in [1.54, 1.807) is 25.3 Å². The highest BCUT2D eigenvalue weighted by molar-refractivity contribution is 6.00. The van der Waals surface area contributed by atoms with Crippen LogP contribution in [-0.2, 0) is 6.42 Å². The van der Waals surface area contributed by atoms with Crippen LogP contribution in [-0.4, -0.2) is 17.6 Å². The Balaban J connectivity index is 1.52. The molecule has 0 radical (unpaired) electrons. The van der Waals surface area contributed by atoms with Crippen LogP contribution in [0.1, 0.15) is 34.5 Å². The molecule has 0 atom stereocenters. The minimum Gasteiger partial charge on any atom is -0.461 e. The van der Waals surface area contributed by atoms with E-state index in [0.29, 0.717) is 29.3 Å². The van der Waals surface area contributed by atoms with Crippen LogP contribution in [0.25, 0.3) is 11.5 Å². The second-order valence-electron chi connectivity index (χ2n) is 5.65. The van der Waals surface area contributed by atoms with Crippen molar-refractivity contribution >= 4 is 5.91 Å². The topological polar surface area (TPSA) is 68.3 Å². The fourth-order valence-electron chi connectivity index (χ4n) is 2.60. The van der Waals surface area contributed by atoms with Crippen LogP contribution in [0.3, 0.4) is 0 Å². The maximum absolute atomic E-state index is 12.4. The Bertz CT molecular complexity index is 776. The Hall–Kier alpha value is -2.82. The monoisotopic (exact) mass is 324 g/mol. The molecule has 3 aromatic rings. The second kappa shape index (κ2) is 7.64. The number of nitrogens with zero attached hydrogens (tertiary/aromatic N) is 1. The first-order chi connectivity index (χ1) is 11.8. The van der Waals surface area contributed by atoms with Crippen molar-refractivity contribution in [3.05, 3.63) is 65.5 Å². The van der Waals surface area contributed by atoms with Crippen molar-refractivity contribution in [1.82, 2.24) is 10.5 Å². The predicted molar refractivity (Wildman–Crippen MR) is 90.7 cm³/mol. The number of amides is 1. The normalized spacial score (nSPS) is 10.7. The minimum absolute atomic E-state index is 0.181. The standard InChI is InChI=1S/C19H20N2O3/c1-14-17(18(24-21-14)16-11-7-13-23-16)19(22)20-12-6-5-10-15-8-3-2-4-9-15/h2-4,7-9,11,13H,5-6,10,12H2,1H3,(H,20,22). The van der Waals surface area contributed by atoms with Gasteiger partial charge in [-0.15, -0.1) is 0 Å². The SMILES string of the molecule is Cc1noc(-c2ccco2)c1C(=O)NCCCCc1ccccc1. The highest BCUT2D eigenvalue weighted by atomic mass is 16.5. The zero-order chi connectivity index (χ0) is 16.8. The van der Waals surface area contributed by atoms with Gasteiger partial charge in [0.15, 0.2) is 5.76 Å². The van der Waals surface area contributed by atoms with Crippen LogP contribution < -0.4 is 5.32 Å². The van der Waals surface area contributed by atoms with E-state index < -0.39 is 0 Å². The number of furan rings is 1. The molecule has 5 nitrogen and oxygen atoms in total. The van der Waals surface area contributed by atoms with Crippen molar-refractivity contribution in [1.29, 1.82) is 0 Å². The van der Waals surface area contributed by atoms with E-state index in [4.69, 9.17) is 8.94 Å². The molecular weight excluding hydrogens is 304 g/mol. The Morgan fingerprint density at radius 2 is 1.96 bits per heavy atom. The molecule has 2 aromatic heterocycles. The lowest BCUT2D eigenvalue weighted by Crippen LogP contribution is -2.25. The largest absolute Gasteiger partial charge is 0.461 e. The van der Waals surface area contributed by atoms with Gasteiger partial charge in [-0.25, -0.2) is 0 Å². The Kier molecular flexibility index (Phi) is 5.11. The lowest BCUT2D eigenvalue weighted by Gasteiger charge is -2.05. The van der Waals surface area contributed by atoms with Gasteiger partial charge in [-0.05, 0) is 43.9 Å². The quantitative estimate of drug-likeness (QED) is 0.667. The van der Waals surface area contributed by atoms with Gasteiger partial charge in [-0.1, -0.05) is 35.5 Å². The molecule has 0 saturated carbocycles. The molecule has 5 heteroatoms. The Morgan fingerprint density at radius 3 is 2.71 bits per heavy atom. The number of benzene rings is 1. The molecule has 2 heterocycles. The lowest BCUT2D eigenvalue weighted by atomic mass is 10.1. The van der Waals surface area contributed by atoms with E-state index >= 15 is 0 Å². The van der Waals surface area contributed by atoms with Crippen molar-refractivity contribution < 1.29 is 13.7 Å². The van der Waals surface area contributed by atoms with Crippen molar-refractivity contribution in [2.75, 3.05) is 6.54 Å². The maximum Gasteiger partial charge on any atom is 0.257 e. The minimum atomic E-state index is -0.181. The molecule has 0 aliphatic heterocycles. The maximum atomic E-state index is 12.4. The van der Waals surface area contributed by atoms with Crippen LogP contribution in [0.5, 0.6) is 0 Å². The summed E-state index contributed by atoms with van der Waals surface area (Å²) in [7, 11) is 0. The summed E-state index contributed by atoms with van der Waals surface area (Å²) in [5.41, 5.74) is 2.31. The molecule has 0 fully saturated rings. The number of rotatable bonds is 7. The van der Waals surface area contributed by atoms with Gasteiger partial charge in [-0.2, -0.15) is 0 Å². The first-order valence-electron chi connectivity index (χ1n) is 8.08. The highest BCUT2D eigenvalue weighted by Crippen LogP contribution is 2.26. The number of carbonyl (C=O) groups excluding carboxylic acids is 1. The van der Waals surface area contributed by atoms with Gasteiger partial charge in [0.05, 0.1) is 12.0 Å². The summed E-state index contributed by atoms with van der Waals surface area (Å²) in [6, 6.07) is 13.8. The summed E-state index contributed by atoms with van der Waals surface area (Å²) in [6.07, 6.45) is 4.50. The second-order valence-corrected chi connectivity index (χ2v) is 5.65. The number of aryl methyl sites for hydroxylation is 2. The van der Waals surface area contributed by atoms with E-state index in [1.807, 2.05) is 18.2 Å². The zero-order valence-corrected chi connectivity index (χ0v) is 13.6. The van der Waals surface area contributed by atoms with Crippen LogP contribution in [0.4, 0.5) is 0 Å². The first-order valence-corrected chi connectivity index (χ1v) is 8.08. The van der Waals surface area contributed by atoms with E-state index in [0.717, 1.165) is 19.3 Å². The molecule has 3 rings (SSSR count). The molecule has 0 aliphatic carbocycles. The number of carbonyl (C=O) groups is 1. The van der Waals surface area contributed by atoms with Crippen LogP contribution in [0.2, 0.25) is 0 Å². The van der Waals surface area contributed by atoms with Crippen molar-refractivity contribution in [2.24, 2.45) is 0 Å². The number of unbranched alkanes of at least 4 members (excludes halogenated alkanes) is 1. The molecule has 0 unspecified atom stereocenters. The fourth-order valence-corrected chi connectivity index (χ4v) is 2.60. The van der Waals surface area contributed by atoms with Crippen LogP contribution in [0, 0.1) is 6.92 Å². The molecule has 0 spiro atoms. The lowest BCUT2D eigenvalue weighted by molar-refractivity contribution is 0.0952. The van der Waals surface area contributed by atoms with Crippen molar-refractivity contribution in [3.8, 4) is 11.5 Å². The van der Waals surface area contributed by atoms with Gasteiger partial charge in [0.1, 0.15) is 5.56 Å². The number of hydrogen-bond donors (Lipinski definition) is 1. The average Bonchev–Trinajstić information content (AvgIpc) is 3.24. The Morgan fingerprint density at radius 1 is 1.12 bits per heavy atom. The van der Waals surface area contributed by atoms with Gasteiger partial charge in [-0.3, -0.25) is 4.79 Å². The summed E-state index contributed by atoms with van der Waals surface area (Å²) in [4.78, 5) is 12.4.